The standard InChI is InChI=1S/C28H26N4O4S2/c1-19-9-11-20(12-10-19)27(33)30-24(28(34)29-22-13-15-38(35,36)18-22)16-21-17-32(23-6-3-2-4-7-23)31-26(21)25-8-5-14-37-25/h2-12,14,16-17,22H,13,15,18H2,1H3,(H,29,34)(H,30,33)/b24-16-. The van der Waals surface area contributed by atoms with Crippen LogP contribution in [0.3, 0.4) is 0 Å². The lowest BCUT2D eigenvalue weighted by Crippen LogP contribution is -2.41. The van der Waals surface area contributed by atoms with E-state index in [1.54, 1.807) is 29.1 Å². The van der Waals surface area contributed by atoms with Crippen molar-refractivity contribution in [2.45, 2.75) is 19.4 Å². The highest BCUT2D eigenvalue weighted by Crippen LogP contribution is 2.29. The van der Waals surface area contributed by atoms with E-state index in [0.717, 1.165) is 16.1 Å². The molecular weight excluding hydrogens is 520 g/mol. The quantitative estimate of drug-likeness (QED) is 0.341. The fourth-order valence-corrected chi connectivity index (χ4v) is 6.60. The van der Waals surface area contributed by atoms with Gasteiger partial charge in [0.05, 0.1) is 22.1 Å². The average Bonchev–Trinajstić information content (AvgIpc) is 3.64. The molecule has 0 spiro atoms. The molecule has 2 N–H and O–H groups in total. The minimum absolute atomic E-state index is 0.00490. The molecule has 1 aliphatic rings. The van der Waals surface area contributed by atoms with Crippen molar-refractivity contribution in [1.82, 2.24) is 20.4 Å². The molecule has 38 heavy (non-hydrogen) atoms. The van der Waals surface area contributed by atoms with Gasteiger partial charge in [-0.05, 0) is 55.1 Å². The van der Waals surface area contributed by atoms with Gasteiger partial charge in [-0.25, -0.2) is 13.1 Å². The van der Waals surface area contributed by atoms with E-state index in [2.05, 4.69) is 10.6 Å². The average molecular weight is 547 g/mol. The smallest absolute Gasteiger partial charge is 0.268 e. The summed E-state index contributed by atoms with van der Waals surface area (Å²) in [6.45, 7) is 1.92. The largest absolute Gasteiger partial charge is 0.347 e. The van der Waals surface area contributed by atoms with Gasteiger partial charge in [-0.2, -0.15) is 5.10 Å². The van der Waals surface area contributed by atoms with Gasteiger partial charge in [0.25, 0.3) is 11.8 Å². The molecule has 0 radical (unpaired) electrons. The van der Waals surface area contributed by atoms with Crippen molar-refractivity contribution in [1.29, 1.82) is 0 Å². The second kappa shape index (κ2) is 10.8. The molecule has 1 saturated heterocycles. The van der Waals surface area contributed by atoms with Crippen molar-refractivity contribution in [2.75, 3.05) is 11.5 Å². The van der Waals surface area contributed by atoms with E-state index in [4.69, 9.17) is 5.10 Å². The number of aryl methyl sites for hydroxylation is 1. The highest BCUT2D eigenvalue weighted by atomic mass is 32.2. The van der Waals surface area contributed by atoms with Crippen LogP contribution in [0.25, 0.3) is 22.3 Å². The Labute approximate surface area is 224 Å². The number of para-hydroxylation sites is 1. The van der Waals surface area contributed by atoms with E-state index in [0.29, 0.717) is 23.2 Å². The summed E-state index contributed by atoms with van der Waals surface area (Å²) < 4.78 is 25.6. The third kappa shape index (κ3) is 5.92. The second-order valence-corrected chi connectivity index (χ2v) is 12.3. The van der Waals surface area contributed by atoms with Crippen LogP contribution in [0, 0.1) is 6.92 Å². The Bertz CT molecular complexity index is 1590. The summed E-state index contributed by atoms with van der Waals surface area (Å²) in [7, 11) is -3.19. The van der Waals surface area contributed by atoms with Gasteiger partial charge >= 0.3 is 0 Å². The third-order valence-electron chi connectivity index (χ3n) is 6.19. The summed E-state index contributed by atoms with van der Waals surface area (Å²) in [5.41, 5.74) is 3.54. The molecular formula is C28H26N4O4S2. The number of carbonyl (C=O) groups is 2. The number of hydrogen-bond donors (Lipinski definition) is 2. The number of carbonyl (C=O) groups excluding carboxylic acids is 2. The number of nitrogens with one attached hydrogen (secondary N) is 2. The second-order valence-electron chi connectivity index (χ2n) is 9.14. The zero-order chi connectivity index (χ0) is 26.7. The molecule has 1 aliphatic heterocycles. The lowest BCUT2D eigenvalue weighted by Gasteiger charge is -2.14. The van der Waals surface area contributed by atoms with E-state index in [1.807, 2.05) is 66.9 Å². The molecule has 0 aliphatic carbocycles. The summed E-state index contributed by atoms with van der Waals surface area (Å²) in [5, 5.41) is 12.2. The van der Waals surface area contributed by atoms with Crippen LogP contribution >= 0.6 is 11.3 Å². The molecule has 1 fully saturated rings. The van der Waals surface area contributed by atoms with Crippen molar-refractivity contribution in [2.24, 2.45) is 0 Å². The molecule has 194 valence electrons. The monoisotopic (exact) mass is 546 g/mol. The summed E-state index contributed by atoms with van der Waals surface area (Å²) in [6, 6.07) is 19.9. The van der Waals surface area contributed by atoms with Crippen LogP contribution < -0.4 is 10.6 Å². The first kappa shape index (κ1) is 25.6. The molecule has 2 aromatic carbocycles. The SMILES string of the molecule is Cc1ccc(C(=O)N/C(=C\c2cn(-c3ccccc3)nc2-c2cccs2)C(=O)NC2CCS(=O)(=O)C2)cc1. The molecule has 1 unspecified atom stereocenters. The van der Waals surface area contributed by atoms with Crippen molar-refractivity contribution < 1.29 is 18.0 Å². The van der Waals surface area contributed by atoms with Crippen molar-refractivity contribution in [3.63, 3.8) is 0 Å². The van der Waals surface area contributed by atoms with Crippen LogP contribution in [0.15, 0.2) is 84.0 Å². The molecule has 10 heteroatoms. The van der Waals surface area contributed by atoms with Crippen molar-refractivity contribution in [3.05, 3.63) is 101 Å². The molecule has 5 rings (SSSR count). The van der Waals surface area contributed by atoms with E-state index >= 15 is 0 Å². The first-order chi connectivity index (χ1) is 18.3. The number of nitrogens with zero attached hydrogens (tertiary/aromatic N) is 2. The Hall–Kier alpha value is -4.02. The van der Waals surface area contributed by atoms with Gasteiger partial charge < -0.3 is 10.6 Å². The normalized spacial score (nSPS) is 16.8. The van der Waals surface area contributed by atoms with Gasteiger partial charge in [0.15, 0.2) is 9.84 Å². The van der Waals surface area contributed by atoms with E-state index in [9.17, 15) is 18.0 Å². The van der Waals surface area contributed by atoms with Crippen LogP contribution in [0.1, 0.15) is 27.9 Å². The van der Waals surface area contributed by atoms with Gasteiger partial charge in [0, 0.05) is 23.4 Å². The number of sulfone groups is 1. The highest BCUT2D eigenvalue weighted by Gasteiger charge is 2.30. The van der Waals surface area contributed by atoms with Crippen LogP contribution in [-0.2, 0) is 14.6 Å². The maximum absolute atomic E-state index is 13.4. The fourth-order valence-electron chi connectivity index (χ4n) is 4.20. The van der Waals surface area contributed by atoms with Crippen molar-refractivity contribution >= 4 is 39.1 Å². The zero-order valence-electron chi connectivity index (χ0n) is 20.6. The molecule has 1 atom stereocenters. The Kier molecular flexibility index (Phi) is 7.26. The Morgan fingerprint density at radius 2 is 1.82 bits per heavy atom. The van der Waals surface area contributed by atoms with Gasteiger partial charge in [-0.3, -0.25) is 9.59 Å². The predicted octanol–water partition coefficient (Wildman–Crippen LogP) is 3.98. The summed E-state index contributed by atoms with van der Waals surface area (Å²) >= 11 is 1.51. The van der Waals surface area contributed by atoms with E-state index in [1.165, 1.54) is 11.3 Å². The number of benzene rings is 2. The van der Waals surface area contributed by atoms with Gasteiger partial charge in [-0.1, -0.05) is 42.0 Å². The summed E-state index contributed by atoms with van der Waals surface area (Å²) in [6.07, 6.45) is 3.72. The molecule has 8 nitrogen and oxygen atoms in total. The molecule has 0 bridgehead atoms. The molecule has 3 heterocycles. The van der Waals surface area contributed by atoms with Gasteiger partial charge in [0.1, 0.15) is 11.4 Å². The molecule has 2 amide bonds. The summed E-state index contributed by atoms with van der Waals surface area (Å²) in [4.78, 5) is 27.4. The Morgan fingerprint density at radius 3 is 2.47 bits per heavy atom. The van der Waals surface area contributed by atoms with Crippen molar-refractivity contribution in [3.8, 4) is 16.3 Å². The van der Waals surface area contributed by atoms with E-state index < -0.39 is 27.7 Å². The topological polar surface area (TPSA) is 110 Å². The van der Waals surface area contributed by atoms with Crippen LogP contribution in [0.2, 0.25) is 0 Å². The number of thiophene rings is 1. The maximum Gasteiger partial charge on any atom is 0.268 e. The maximum atomic E-state index is 13.4. The van der Waals surface area contributed by atoms with Gasteiger partial charge in [-0.15, -0.1) is 11.3 Å². The summed E-state index contributed by atoms with van der Waals surface area (Å²) in [5.74, 6) is -1.10. The van der Waals surface area contributed by atoms with Crippen LogP contribution in [0.4, 0.5) is 0 Å². The molecule has 2 aromatic heterocycles. The van der Waals surface area contributed by atoms with Crippen LogP contribution in [-0.4, -0.2) is 47.6 Å². The predicted molar refractivity (Wildman–Crippen MR) is 149 cm³/mol. The third-order valence-corrected chi connectivity index (χ3v) is 8.84. The minimum atomic E-state index is -3.19. The number of rotatable bonds is 7. The zero-order valence-corrected chi connectivity index (χ0v) is 22.3. The number of amides is 2. The lowest BCUT2D eigenvalue weighted by atomic mass is 10.1. The fraction of sp³-hybridized carbons (Fsp3) is 0.179. The van der Waals surface area contributed by atoms with Crippen LogP contribution in [0.5, 0.6) is 0 Å². The highest BCUT2D eigenvalue weighted by molar-refractivity contribution is 7.91. The molecule has 0 saturated carbocycles. The Morgan fingerprint density at radius 1 is 1.05 bits per heavy atom. The first-order valence-electron chi connectivity index (χ1n) is 12.1. The minimum Gasteiger partial charge on any atom is -0.347 e. The number of aromatic nitrogens is 2. The lowest BCUT2D eigenvalue weighted by molar-refractivity contribution is -0.118. The van der Waals surface area contributed by atoms with E-state index in [-0.39, 0.29) is 17.2 Å². The number of hydrogen-bond acceptors (Lipinski definition) is 6. The molecule has 4 aromatic rings. The Balaban J connectivity index is 1.53. The first-order valence-corrected chi connectivity index (χ1v) is 14.8. The van der Waals surface area contributed by atoms with Gasteiger partial charge in [0.2, 0.25) is 0 Å².